The molecule has 3 atom stereocenters. The second kappa shape index (κ2) is 6.42. The molecule has 1 amide bonds. The molecule has 3 aliphatic rings. The zero-order valence-electron chi connectivity index (χ0n) is 15.7. The van der Waals surface area contributed by atoms with E-state index >= 15 is 0 Å². The lowest BCUT2D eigenvalue weighted by atomic mass is 9.73. The van der Waals surface area contributed by atoms with E-state index in [1.165, 1.54) is 4.90 Å². The molecule has 0 spiro atoms. The van der Waals surface area contributed by atoms with Crippen LogP contribution in [0.4, 0.5) is 0 Å². The first-order chi connectivity index (χ1) is 12.7. The van der Waals surface area contributed by atoms with Gasteiger partial charge in [-0.05, 0) is 48.9 Å². The Kier molecular flexibility index (Phi) is 4.43. The number of aliphatic hydroxyl groups is 1. The third kappa shape index (κ3) is 2.92. The average molecular weight is 381 g/mol. The van der Waals surface area contributed by atoms with Crippen LogP contribution in [0.1, 0.15) is 43.2 Å². The Morgan fingerprint density at radius 2 is 2.00 bits per heavy atom. The smallest absolute Gasteiger partial charge is 0.239 e. The van der Waals surface area contributed by atoms with Gasteiger partial charge in [-0.25, -0.2) is 4.99 Å². The Morgan fingerprint density at radius 3 is 2.52 bits per heavy atom. The van der Waals surface area contributed by atoms with Crippen LogP contribution in [0.2, 0.25) is 5.82 Å². The van der Waals surface area contributed by atoms with E-state index in [9.17, 15) is 9.90 Å². The molecule has 1 aromatic rings. The Labute approximate surface area is 165 Å². The zero-order valence-corrected chi connectivity index (χ0v) is 16.5. The lowest BCUT2D eigenvalue weighted by Gasteiger charge is -2.41. The first-order valence-electron chi connectivity index (χ1n) is 9.31. The van der Waals surface area contributed by atoms with Gasteiger partial charge in [0.2, 0.25) is 5.91 Å². The fourth-order valence-corrected chi connectivity index (χ4v) is 5.36. The lowest BCUT2D eigenvalue weighted by Crippen LogP contribution is -2.54. The van der Waals surface area contributed by atoms with Crippen LogP contribution < -0.4 is 5.73 Å². The van der Waals surface area contributed by atoms with Gasteiger partial charge in [-0.3, -0.25) is 9.69 Å². The molecule has 1 unspecified atom stereocenters. The van der Waals surface area contributed by atoms with Gasteiger partial charge in [-0.1, -0.05) is 30.3 Å². The fraction of sp³-hybridized carbons (Fsp3) is 0.500. The maximum atomic E-state index is 13.2. The number of guanidine groups is 1. The van der Waals surface area contributed by atoms with Crippen LogP contribution in [-0.2, 0) is 10.4 Å². The number of hydrogen-bond donors (Lipinski definition) is 2. The van der Waals surface area contributed by atoms with E-state index in [1.54, 1.807) is 18.8 Å². The summed E-state index contributed by atoms with van der Waals surface area (Å²) in [6, 6.07) is 7.76. The summed E-state index contributed by atoms with van der Waals surface area (Å²) in [6.07, 6.45) is 4.62. The molecule has 2 aliphatic heterocycles. The number of benzene rings is 1. The van der Waals surface area contributed by atoms with Gasteiger partial charge < -0.3 is 10.8 Å². The van der Waals surface area contributed by atoms with E-state index in [0.29, 0.717) is 0 Å². The Balaban J connectivity index is 1.76. The average Bonchev–Trinajstić information content (AvgIpc) is 3.06. The molecule has 0 saturated heterocycles. The molecule has 0 aromatic heterocycles. The number of thioether (sulfide) groups is 1. The third-order valence-electron chi connectivity index (χ3n) is 6.09. The van der Waals surface area contributed by atoms with Crippen molar-refractivity contribution in [3.05, 3.63) is 46.4 Å². The van der Waals surface area contributed by atoms with Gasteiger partial charge in [0, 0.05) is 12.0 Å². The number of likely N-dealkylation sites (N-methyl/N-ethyl adjacent to an activating group) is 1. The molecule has 2 radical (unpaired) electrons. The van der Waals surface area contributed by atoms with E-state index < -0.39 is 17.1 Å². The molecule has 4 rings (SSSR count). The molecule has 3 N–H and O–H groups in total. The van der Waals surface area contributed by atoms with Crippen molar-refractivity contribution in [1.82, 2.24) is 4.90 Å². The number of amides is 1. The van der Waals surface area contributed by atoms with Crippen LogP contribution >= 0.6 is 11.8 Å². The number of nitrogens with two attached hydrogens (primary N) is 1. The SMILES string of the molecule is [B]C1C=C([C@@]2(C)N=C(N)N(C)C(=O)[C@H]2c2ccc(C3(O)CCC3)cc2)SC1. The van der Waals surface area contributed by atoms with Gasteiger partial charge in [0.25, 0.3) is 0 Å². The van der Waals surface area contributed by atoms with Gasteiger partial charge in [-0.2, -0.15) is 0 Å². The molecule has 140 valence electrons. The molecule has 5 nitrogen and oxygen atoms in total. The standard InChI is InChI=1S/C20H24BN3O2S/c1-19(15-10-14(21)11-27-15)16(17(25)24(2)18(22)23-19)12-4-6-13(7-5-12)20(26)8-3-9-20/h4-7,10,14,16,26H,3,8-9,11H2,1-2H3,(H2,22,23)/t14?,16-,19-/m1/s1. The van der Waals surface area contributed by atoms with Gasteiger partial charge in [0.05, 0.1) is 19.4 Å². The van der Waals surface area contributed by atoms with Crippen molar-refractivity contribution >= 4 is 31.5 Å². The van der Waals surface area contributed by atoms with Crippen molar-refractivity contribution < 1.29 is 9.90 Å². The summed E-state index contributed by atoms with van der Waals surface area (Å²) in [5.41, 5.74) is 6.34. The van der Waals surface area contributed by atoms with E-state index in [4.69, 9.17) is 18.6 Å². The minimum Gasteiger partial charge on any atom is -0.385 e. The lowest BCUT2D eigenvalue weighted by molar-refractivity contribution is -0.129. The topological polar surface area (TPSA) is 78.9 Å². The second-order valence-electron chi connectivity index (χ2n) is 7.96. The maximum Gasteiger partial charge on any atom is 0.239 e. The van der Waals surface area contributed by atoms with Crippen LogP contribution in [0.15, 0.2) is 40.2 Å². The van der Waals surface area contributed by atoms with Crippen molar-refractivity contribution in [2.45, 2.75) is 49.1 Å². The van der Waals surface area contributed by atoms with E-state index in [0.717, 1.165) is 41.0 Å². The Bertz CT molecular complexity index is 834. The molecule has 1 saturated carbocycles. The van der Waals surface area contributed by atoms with Crippen LogP contribution in [0.5, 0.6) is 0 Å². The normalized spacial score (nSPS) is 32.7. The van der Waals surface area contributed by atoms with Gasteiger partial charge in [0.1, 0.15) is 5.54 Å². The number of carbonyl (C=O) groups excluding carboxylic acids is 1. The van der Waals surface area contributed by atoms with Gasteiger partial charge in [0.15, 0.2) is 5.96 Å². The van der Waals surface area contributed by atoms with Gasteiger partial charge in [-0.15, -0.1) is 11.8 Å². The highest BCUT2D eigenvalue weighted by atomic mass is 32.2. The Morgan fingerprint density at radius 1 is 1.33 bits per heavy atom. The molecular weight excluding hydrogens is 357 g/mol. The first-order valence-corrected chi connectivity index (χ1v) is 10.3. The Hall–Kier alpha value is -1.73. The second-order valence-corrected chi connectivity index (χ2v) is 9.02. The van der Waals surface area contributed by atoms with E-state index in [2.05, 4.69) is 0 Å². The summed E-state index contributed by atoms with van der Waals surface area (Å²) in [6.45, 7) is 1.96. The monoisotopic (exact) mass is 381 g/mol. The zero-order chi connectivity index (χ0) is 19.4. The van der Waals surface area contributed by atoms with Crippen LogP contribution in [0, 0.1) is 0 Å². The first kappa shape index (κ1) is 18.6. The van der Waals surface area contributed by atoms with Crippen molar-refractivity contribution in [1.29, 1.82) is 0 Å². The number of nitrogens with zero attached hydrogens (tertiary/aromatic N) is 2. The highest BCUT2D eigenvalue weighted by Crippen LogP contribution is 2.49. The largest absolute Gasteiger partial charge is 0.385 e. The predicted molar refractivity (Wildman–Crippen MR) is 110 cm³/mol. The van der Waals surface area contributed by atoms with Crippen LogP contribution in [-0.4, -0.2) is 48.1 Å². The van der Waals surface area contributed by atoms with Crippen molar-refractivity contribution in [2.24, 2.45) is 10.7 Å². The van der Waals surface area contributed by atoms with Crippen LogP contribution in [0.3, 0.4) is 0 Å². The molecule has 1 aromatic carbocycles. The molecule has 2 heterocycles. The molecule has 1 fully saturated rings. The van der Waals surface area contributed by atoms with E-state index in [1.807, 2.05) is 37.3 Å². The maximum absolute atomic E-state index is 13.2. The highest BCUT2D eigenvalue weighted by Gasteiger charge is 2.49. The summed E-state index contributed by atoms with van der Waals surface area (Å²) < 4.78 is 0. The molecule has 27 heavy (non-hydrogen) atoms. The number of allylic oxidation sites excluding steroid dienone is 1. The number of rotatable bonds is 3. The molecule has 7 heteroatoms. The molecule has 0 bridgehead atoms. The highest BCUT2D eigenvalue weighted by molar-refractivity contribution is 8.03. The fourth-order valence-electron chi connectivity index (χ4n) is 4.17. The van der Waals surface area contributed by atoms with Crippen LogP contribution in [0.25, 0.3) is 0 Å². The third-order valence-corrected chi connectivity index (χ3v) is 7.50. The van der Waals surface area contributed by atoms with Crippen molar-refractivity contribution in [2.75, 3.05) is 12.8 Å². The minimum atomic E-state index is -0.776. The number of hydrogen-bond acceptors (Lipinski definition) is 5. The predicted octanol–water partition coefficient (Wildman–Crippen LogP) is 2.27. The van der Waals surface area contributed by atoms with Crippen molar-refractivity contribution in [3.8, 4) is 0 Å². The summed E-state index contributed by atoms with van der Waals surface area (Å²) in [4.78, 5) is 20.3. The summed E-state index contributed by atoms with van der Waals surface area (Å²) in [7, 11) is 7.71. The molecule has 1 aliphatic carbocycles. The summed E-state index contributed by atoms with van der Waals surface area (Å²) >= 11 is 1.64. The number of aliphatic imine (C=N–C) groups is 1. The quantitative estimate of drug-likeness (QED) is 0.788. The number of carbonyl (C=O) groups is 1. The summed E-state index contributed by atoms with van der Waals surface area (Å²) in [5.74, 6) is 0.402. The summed E-state index contributed by atoms with van der Waals surface area (Å²) in [5, 5.41) is 10.6. The van der Waals surface area contributed by atoms with E-state index in [-0.39, 0.29) is 17.7 Å². The minimum absolute atomic E-state index is 0.0381. The van der Waals surface area contributed by atoms with Crippen molar-refractivity contribution in [3.63, 3.8) is 0 Å². The van der Waals surface area contributed by atoms with Gasteiger partial charge >= 0.3 is 0 Å². The molecular formula is C20H24BN3O2S.